The Morgan fingerprint density at radius 3 is 2.60 bits per heavy atom. The number of nitrogens with one attached hydrogen (secondary N) is 1. The second-order valence-electron chi connectivity index (χ2n) is 4.10. The zero-order valence-corrected chi connectivity index (χ0v) is 13.2. The number of hydrogen-bond donors (Lipinski definition) is 3. The fourth-order valence-corrected chi connectivity index (χ4v) is 2.86. The summed E-state index contributed by atoms with van der Waals surface area (Å²) < 4.78 is 39.3. The van der Waals surface area contributed by atoms with E-state index in [1.807, 2.05) is 4.72 Å². The normalized spacial score (nSPS) is 14.8. The number of carbonyl (C=O) groups is 1. The Bertz CT molecular complexity index is 649. The van der Waals surface area contributed by atoms with Crippen LogP contribution in [0.1, 0.15) is 6.92 Å². The van der Waals surface area contributed by atoms with E-state index in [9.17, 15) is 22.7 Å². The van der Waals surface area contributed by atoms with Crippen molar-refractivity contribution in [2.75, 3.05) is 6.54 Å². The standard InChI is InChI=1S/C10H10BrClFNO5S/c1-10(17,9(15)16)4-14-20(18,19)8-3-6(12)5(11)2-7(8)13/h2-3,14,17H,4H2,1H3,(H,15,16). The maximum atomic E-state index is 13.6. The predicted octanol–water partition coefficient (Wildman–Crippen LogP) is 1.36. The zero-order valence-electron chi connectivity index (χ0n) is 10.0. The topological polar surface area (TPSA) is 104 Å². The molecule has 0 fully saturated rings. The summed E-state index contributed by atoms with van der Waals surface area (Å²) in [6.07, 6.45) is 0. The summed E-state index contributed by atoms with van der Waals surface area (Å²) in [6, 6.07) is 1.74. The lowest BCUT2D eigenvalue weighted by molar-refractivity contribution is -0.155. The highest BCUT2D eigenvalue weighted by molar-refractivity contribution is 9.10. The molecule has 1 atom stereocenters. The largest absolute Gasteiger partial charge is 0.479 e. The average Bonchev–Trinajstić information content (AvgIpc) is 2.31. The molecule has 1 aromatic rings. The molecular weight excluding hydrogens is 381 g/mol. The summed E-state index contributed by atoms with van der Waals surface area (Å²) >= 11 is 8.61. The van der Waals surface area contributed by atoms with Crippen LogP contribution >= 0.6 is 27.5 Å². The molecule has 20 heavy (non-hydrogen) atoms. The number of carboxylic acid groups (broad SMARTS) is 1. The van der Waals surface area contributed by atoms with E-state index in [2.05, 4.69) is 15.9 Å². The first kappa shape index (κ1) is 17.3. The van der Waals surface area contributed by atoms with Crippen LogP contribution in [-0.4, -0.2) is 36.7 Å². The van der Waals surface area contributed by atoms with Gasteiger partial charge in [-0.15, -0.1) is 0 Å². The van der Waals surface area contributed by atoms with Crippen LogP contribution in [0.25, 0.3) is 0 Å². The third-order valence-electron chi connectivity index (χ3n) is 2.33. The summed E-state index contributed by atoms with van der Waals surface area (Å²) in [7, 11) is -4.35. The second kappa shape index (κ2) is 5.94. The Morgan fingerprint density at radius 2 is 2.10 bits per heavy atom. The van der Waals surface area contributed by atoms with Gasteiger partial charge in [0.15, 0.2) is 5.60 Å². The highest BCUT2D eigenvalue weighted by Gasteiger charge is 2.32. The number of benzene rings is 1. The van der Waals surface area contributed by atoms with Crippen molar-refractivity contribution in [3.05, 3.63) is 27.4 Å². The third kappa shape index (κ3) is 3.89. The van der Waals surface area contributed by atoms with Gasteiger partial charge in [-0.3, -0.25) is 0 Å². The van der Waals surface area contributed by atoms with E-state index in [1.165, 1.54) is 0 Å². The Labute approximate surface area is 127 Å². The molecular formula is C10H10BrClFNO5S. The molecule has 112 valence electrons. The molecule has 1 aromatic carbocycles. The summed E-state index contributed by atoms with van der Waals surface area (Å²) in [6.45, 7) is 0.0839. The fourth-order valence-electron chi connectivity index (χ4n) is 1.10. The lowest BCUT2D eigenvalue weighted by atomic mass is 10.1. The third-order valence-corrected chi connectivity index (χ3v) is 4.94. The molecule has 0 bridgehead atoms. The molecule has 0 radical (unpaired) electrons. The number of aliphatic carboxylic acids is 1. The van der Waals surface area contributed by atoms with Crippen LogP contribution in [0, 0.1) is 5.82 Å². The highest BCUT2D eigenvalue weighted by Crippen LogP contribution is 2.28. The van der Waals surface area contributed by atoms with E-state index in [4.69, 9.17) is 16.7 Å². The van der Waals surface area contributed by atoms with Gasteiger partial charge in [0.05, 0.1) is 11.6 Å². The van der Waals surface area contributed by atoms with E-state index in [-0.39, 0.29) is 9.50 Å². The summed E-state index contributed by atoms with van der Waals surface area (Å²) in [5, 5.41) is 18.0. The molecule has 3 N–H and O–H groups in total. The molecule has 10 heteroatoms. The van der Waals surface area contributed by atoms with E-state index in [0.29, 0.717) is 0 Å². The quantitative estimate of drug-likeness (QED) is 0.659. The van der Waals surface area contributed by atoms with Gasteiger partial charge in [0, 0.05) is 4.47 Å². The number of sulfonamides is 1. The van der Waals surface area contributed by atoms with E-state index >= 15 is 0 Å². The van der Waals surface area contributed by atoms with E-state index in [0.717, 1.165) is 19.1 Å². The molecule has 0 aliphatic carbocycles. The minimum absolute atomic E-state index is 0.0308. The number of halogens is 3. The van der Waals surface area contributed by atoms with E-state index < -0.39 is 38.9 Å². The predicted molar refractivity (Wildman–Crippen MR) is 72.6 cm³/mol. The minimum Gasteiger partial charge on any atom is -0.479 e. The lowest BCUT2D eigenvalue weighted by Crippen LogP contribution is -2.46. The second-order valence-corrected chi connectivity index (χ2v) is 7.10. The Kier molecular flexibility index (Phi) is 5.14. The summed E-state index contributed by atoms with van der Waals surface area (Å²) in [4.78, 5) is 9.91. The van der Waals surface area contributed by atoms with Crippen molar-refractivity contribution in [1.82, 2.24) is 4.72 Å². The van der Waals surface area contributed by atoms with Crippen LogP contribution in [0.15, 0.2) is 21.5 Å². The molecule has 0 amide bonds. The first-order chi connectivity index (χ1) is 8.97. The first-order valence-electron chi connectivity index (χ1n) is 5.07. The zero-order chi connectivity index (χ0) is 15.7. The van der Waals surface area contributed by atoms with Crippen molar-refractivity contribution < 1.29 is 27.8 Å². The molecule has 0 spiro atoms. The Hall–Kier alpha value is -0.740. The van der Waals surface area contributed by atoms with Gasteiger partial charge in [-0.2, -0.15) is 0 Å². The molecule has 0 aromatic heterocycles. The van der Waals surface area contributed by atoms with Crippen molar-refractivity contribution in [3.63, 3.8) is 0 Å². The van der Waals surface area contributed by atoms with Crippen LogP contribution in [0.4, 0.5) is 4.39 Å². The van der Waals surface area contributed by atoms with Gasteiger partial charge in [0.25, 0.3) is 0 Å². The molecule has 0 saturated heterocycles. The maximum Gasteiger partial charge on any atom is 0.336 e. The average molecular weight is 391 g/mol. The lowest BCUT2D eigenvalue weighted by Gasteiger charge is -2.18. The van der Waals surface area contributed by atoms with Gasteiger partial charge in [0.2, 0.25) is 10.0 Å². The SMILES string of the molecule is CC(O)(CNS(=O)(=O)c1cc(Cl)c(Br)cc1F)C(=O)O. The van der Waals surface area contributed by atoms with Crippen LogP contribution < -0.4 is 4.72 Å². The van der Waals surface area contributed by atoms with Crippen molar-refractivity contribution in [3.8, 4) is 0 Å². The van der Waals surface area contributed by atoms with Crippen LogP contribution in [0.5, 0.6) is 0 Å². The summed E-state index contributed by atoms with van der Waals surface area (Å²) in [5.74, 6) is -2.68. The maximum absolute atomic E-state index is 13.6. The van der Waals surface area contributed by atoms with Crippen LogP contribution in [0.2, 0.25) is 5.02 Å². The van der Waals surface area contributed by atoms with Gasteiger partial charge < -0.3 is 10.2 Å². The Balaban J connectivity index is 3.07. The smallest absolute Gasteiger partial charge is 0.336 e. The van der Waals surface area contributed by atoms with Gasteiger partial charge in [-0.05, 0) is 35.0 Å². The first-order valence-corrected chi connectivity index (χ1v) is 7.73. The number of carboxylic acids is 1. The number of rotatable bonds is 5. The fraction of sp³-hybridized carbons (Fsp3) is 0.300. The van der Waals surface area contributed by atoms with Crippen molar-refractivity contribution in [2.24, 2.45) is 0 Å². The van der Waals surface area contributed by atoms with Gasteiger partial charge in [-0.1, -0.05) is 11.6 Å². The van der Waals surface area contributed by atoms with Crippen molar-refractivity contribution >= 4 is 43.5 Å². The molecule has 1 rings (SSSR count). The Morgan fingerprint density at radius 1 is 1.55 bits per heavy atom. The van der Waals surface area contributed by atoms with Crippen molar-refractivity contribution in [2.45, 2.75) is 17.4 Å². The van der Waals surface area contributed by atoms with Crippen LogP contribution in [-0.2, 0) is 14.8 Å². The summed E-state index contributed by atoms with van der Waals surface area (Å²) in [5.41, 5.74) is -2.32. The highest BCUT2D eigenvalue weighted by atomic mass is 79.9. The molecule has 0 saturated carbocycles. The van der Waals surface area contributed by atoms with E-state index in [1.54, 1.807) is 0 Å². The molecule has 1 unspecified atom stereocenters. The number of aliphatic hydroxyl groups is 1. The van der Waals surface area contributed by atoms with Gasteiger partial charge in [-0.25, -0.2) is 22.3 Å². The number of hydrogen-bond acceptors (Lipinski definition) is 4. The van der Waals surface area contributed by atoms with Crippen LogP contribution in [0.3, 0.4) is 0 Å². The monoisotopic (exact) mass is 389 g/mol. The van der Waals surface area contributed by atoms with Gasteiger partial charge >= 0.3 is 5.97 Å². The molecule has 0 aliphatic rings. The molecule has 0 aliphatic heterocycles. The molecule has 6 nitrogen and oxygen atoms in total. The van der Waals surface area contributed by atoms with Crippen molar-refractivity contribution in [1.29, 1.82) is 0 Å². The minimum atomic E-state index is -4.35. The molecule has 0 heterocycles. The van der Waals surface area contributed by atoms with Gasteiger partial charge in [0.1, 0.15) is 10.7 Å².